The van der Waals surface area contributed by atoms with E-state index in [4.69, 9.17) is 5.73 Å². The van der Waals surface area contributed by atoms with Crippen LogP contribution in [0.1, 0.15) is 18.5 Å². The van der Waals surface area contributed by atoms with Gasteiger partial charge in [-0.25, -0.2) is 17.6 Å². The highest BCUT2D eigenvalue weighted by Crippen LogP contribution is 2.30. The van der Waals surface area contributed by atoms with Gasteiger partial charge in [0.15, 0.2) is 0 Å². The fraction of sp³-hybridized carbons (Fsp3) is 0.333. The van der Waals surface area contributed by atoms with Crippen molar-refractivity contribution < 1.29 is 17.6 Å². The summed E-state index contributed by atoms with van der Waals surface area (Å²) in [5.74, 6) is -5.12. The Morgan fingerprint density at radius 2 is 1.86 bits per heavy atom. The summed E-state index contributed by atoms with van der Waals surface area (Å²) >= 11 is 0. The van der Waals surface area contributed by atoms with Gasteiger partial charge >= 0.3 is 0 Å². The quantitative estimate of drug-likeness (QED) is 0.741. The van der Waals surface area contributed by atoms with E-state index in [1.807, 2.05) is 0 Å². The van der Waals surface area contributed by atoms with Crippen LogP contribution in [-0.4, -0.2) is 5.92 Å². The third kappa shape index (κ3) is 2.23. The molecule has 0 radical (unpaired) electrons. The second kappa shape index (κ2) is 3.57. The summed E-state index contributed by atoms with van der Waals surface area (Å²) in [7, 11) is 0. The predicted octanol–water partition coefficient (Wildman–Crippen LogP) is 2.62. The van der Waals surface area contributed by atoms with Crippen molar-refractivity contribution in [2.45, 2.75) is 18.9 Å². The van der Waals surface area contributed by atoms with E-state index in [0.717, 1.165) is 12.1 Å². The van der Waals surface area contributed by atoms with Crippen molar-refractivity contribution >= 4 is 0 Å². The molecule has 0 fully saturated rings. The van der Waals surface area contributed by atoms with E-state index >= 15 is 0 Å². The fourth-order valence-corrected chi connectivity index (χ4v) is 1.03. The molecule has 0 aliphatic carbocycles. The van der Waals surface area contributed by atoms with Gasteiger partial charge in [-0.15, -0.1) is 0 Å². The minimum atomic E-state index is -3.24. The summed E-state index contributed by atoms with van der Waals surface area (Å²) in [6, 6.07) is 0.584. The summed E-state index contributed by atoms with van der Waals surface area (Å²) in [5.41, 5.74) is 4.72. The zero-order valence-electron chi connectivity index (χ0n) is 7.40. The Bertz CT molecular complexity index is 332. The normalized spacial score (nSPS) is 14.1. The summed E-state index contributed by atoms with van der Waals surface area (Å²) < 4.78 is 50.8. The second-order valence-electron chi connectivity index (χ2n) is 3.10. The van der Waals surface area contributed by atoms with Crippen molar-refractivity contribution in [1.29, 1.82) is 0 Å². The SMILES string of the molecule is CC(F)(F)C(N)c1ccc(F)cc1F. The van der Waals surface area contributed by atoms with Crippen LogP contribution in [0.15, 0.2) is 18.2 Å². The average Bonchev–Trinajstić information content (AvgIpc) is 2.01. The Balaban J connectivity index is 3.08. The largest absolute Gasteiger partial charge is 0.319 e. The maximum Gasteiger partial charge on any atom is 0.264 e. The van der Waals surface area contributed by atoms with Crippen LogP contribution in [0.5, 0.6) is 0 Å². The molecule has 0 amide bonds. The summed E-state index contributed by atoms with van der Waals surface area (Å²) in [6.07, 6.45) is 0. The van der Waals surface area contributed by atoms with E-state index < -0.39 is 23.6 Å². The van der Waals surface area contributed by atoms with Crippen LogP contribution in [0.4, 0.5) is 17.6 Å². The van der Waals surface area contributed by atoms with Crippen LogP contribution in [0.3, 0.4) is 0 Å². The van der Waals surface area contributed by atoms with Crippen LogP contribution in [-0.2, 0) is 0 Å². The van der Waals surface area contributed by atoms with E-state index in [-0.39, 0.29) is 5.56 Å². The van der Waals surface area contributed by atoms with Crippen LogP contribution in [0.25, 0.3) is 0 Å². The van der Waals surface area contributed by atoms with Crippen molar-refractivity contribution in [3.05, 3.63) is 35.4 Å². The van der Waals surface area contributed by atoms with E-state index in [9.17, 15) is 17.6 Å². The molecule has 5 heteroatoms. The molecule has 1 aromatic rings. The maximum atomic E-state index is 13.0. The van der Waals surface area contributed by atoms with Crippen molar-refractivity contribution in [2.75, 3.05) is 0 Å². The second-order valence-corrected chi connectivity index (χ2v) is 3.10. The first-order valence-corrected chi connectivity index (χ1v) is 3.90. The van der Waals surface area contributed by atoms with E-state index in [1.165, 1.54) is 0 Å². The Morgan fingerprint density at radius 1 is 1.29 bits per heavy atom. The molecule has 78 valence electrons. The molecular weight excluding hydrogens is 198 g/mol. The number of rotatable bonds is 2. The molecule has 1 atom stereocenters. The molecule has 14 heavy (non-hydrogen) atoms. The molecule has 0 saturated carbocycles. The van der Waals surface area contributed by atoms with Crippen LogP contribution >= 0.6 is 0 Å². The lowest BCUT2D eigenvalue weighted by molar-refractivity contribution is -0.00727. The van der Waals surface area contributed by atoms with Gasteiger partial charge in [-0.05, 0) is 6.07 Å². The molecule has 1 rings (SSSR count). The first-order chi connectivity index (χ1) is 6.32. The van der Waals surface area contributed by atoms with Gasteiger partial charge in [0.2, 0.25) is 0 Å². The van der Waals surface area contributed by atoms with E-state index in [2.05, 4.69) is 0 Å². The lowest BCUT2D eigenvalue weighted by atomic mass is 10.0. The monoisotopic (exact) mass is 207 g/mol. The first-order valence-electron chi connectivity index (χ1n) is 3.90. The average molecular weight is 207 g/mol. The van der Waals surface area contributed by atoms with Gasteiger partial charge in [-0.2, -0.15) is 0 Å². The lowest BCUT2D eigenvalue weighted by Gasteiger charge is -2.19. The Hall–Kier alpha value is -1.10. The highest BCUT2D eigenvalue weighted by atomic mass is 19.3. The van der Waals surface area contributed by atoms with Crippen LogP contribution in [0.2, 0.25) is 0 Å². The molecule has 0 saturated heterocycles. The van der Waals surface area contributed by atoms with Gasteiger partial charge in [0.25, 0.3) is 5.92 Å². The fourth-order valence-electron chi connectivity index (χ4n) is 1.03. The van der Waals surface area contributed by atoms with Crippen molar-refractivity contribution in [1.82, 2.24) is 0 Å². The highest BCUT2D eigenvalue weighted by molar-refractivity contribution is 5.23. The molecule has 2 N–H and O–H groups in total. The Morgan fingerprint density at radius 3 is 2.29 bits per heavy atom. The third-order valence-corrected chi connectivity index (χ3v) is 1.84. The maximum absolute atomic E-state index is 13.0. The molecule has 1 nitrogen and oxygen atoms in total. The Kier molecular flexibility index (Phi) is 2.80. The van der Waals surface area contributed by atoms with Crippen molar-refractivity contribution in [3.63, 3.8) is 0 Å². The van der Waals surface area contributed by atoms with Crippen molar-refractivity contribution in [2.24, 2.45) is 5.73 Å². The number of halogens is 4. The molecular formula is C9H9F4N. The van der Waals surface area contributed by atoms with Gasteiger partial charge in [-0.3, -0.25) is 0 Å². The molecule has 0 aliphatic rings. The van der Waals surface area contributed by atoms with Crippen molar-refractivity contribution in [3.8, 4) is 0 Å². The summed E-state index contributed by atoms with van der Waals surface area (Å²) in [4.78, 5) is 0. The predicted molar refractivity (Wildman–Crippen MR) is 43.9 cm³/mol. The number of hydrogen-bond acceptors (Lipinski definition) is 1. The third-order valence-electron chi connectivity index (χ3n) is 1.84. The Labute approximate surface area is 78.5 Å². The number of benzene rings is 1. The van der Waals surface area contributed by atoms with Crippen LogP contribution in [0, 0.1) is 11.6 Å². The number of hydrogen-bond donors (Lipinski definition) is 1. The minimum absolute atomic E-state index is 0.390. The smallest absolute Gasteiger partial charge is 0.264 e. The molecule has 0 heterocycles. The van der Waals surface area contributed by atoms with Gasteiger partial charge in [0, 0.05) is 18.6 Å². The van der Waals surface area contributed by atoms with Gasteiger partial charge in [0.05, 0.1) is 6.04 Å². The van der Waals surface area contributed by atoms with Gasteiger partial charge in [-0.1, -0.05) is 6.07 Å². The topological polar surface area (TPSA) is 26.0 Å². The molecule has 0 spiro atoms. The first kappa shape index (κ1) is 11.0. The molecule has 1 aromatic carbocycles. The molecule has 1 unspecified atom stereocenters. The summed E-state index contributed by atoms with van der Waals surface area (Å²) in [6.45, 7) is 0.584. The summed E-state index contributed by atoms with van der Waals surface area (Å²) in [5, 5.41) is 0. The standard InChI is InChI=1S/C9H9F4N/c1-9(12,13)8(14)6-3-2-5(10)4-7(6)11/h2-4,8H,14H2,1H3. The lowest BCUT2D eigenvalue weighted by Crippen LogP contribution is -2.30. The molecule has 0 aliphatic heterocycles. The van der Waals surface area contributed by atoms with E-state index in [0.29, 0.717) is 13.0 Å². The zero-order chi connectivity index (χ0) is 10.9. The number of alkyl halides is 2. The highest BCUT2D eigenvalue weighted by Gasteiger charge is 2.33. The minimum Gasteiger partial charge on any atom is -0.319 e. The van der Waals surface area contributed by atoms with Gasteiger partial charge in [0.1, 0.15) is 11.6 Å². The van der Waals surface area contributed by atoms with Crippen LogP contribution < -0.4 is 5.73 Å². The van der Waals surface area contributed by atoms with Gasteiger partial charge < -0.3 is 5.73 Å². The molecule has 0 bridgehead atoms. The zero-order valence-corrected chi connectivity index (χ0v) is 7.40. The number of nitrogens with two attached hydrogens (primary N) is 1. The van der Waals surface area contributed by atoms with E-state index in [1.54, 1.807) is 0 Å². The molecule has 0 aromatic heterocycles.